The number of ether oxygens (including phenoxy) is 1. The Hall–Kier alpha value is -3.38. The summed E-state index contributed by atoms with van der Waals surface area (Å²) in [5, 5.41) is 3.51. The largest absolute Gasteiger partial charge is 0.483 e. The molecular weight excluding hydrogens is 390 g/mol. The van der Waals surface area contributed by atoms with Crippen LogP contribution in [-0.4, -0.2) is 22.5 Å². The molecule has 2 heterocycles. The Morgan fingerprint density at radius 1 is 1.14 bits per heavy atom. The van der Waals surface area contributed by atoms with Gasteiger partial charge in [-0.15, -0.1) is 0 Å². The van der Waals surface area contributed by atoms with Gasteiger partial charge in [-0.2, -0.15) is 4.98 Å². The first-order chi connectivity index (χ1) is 14.0. The normalized spacial score (nSPS) is 10.9. The highest BCUT2D eigenvalue weighted by Crippen LogP contribution is 2.27. The lowest BCUT2D eigenvalue weighted by atomic mass is 10.1. The molecule has 0 aliphatic rings. The van der Waals surface area contributed by atoms with Crippen LogP contribution in [-0.2, 0) is 4.79 Å². The molecule has 0 unspecified atom stereocenters. The van der Waals surface area contributed by atoms with E-state index in [4.69, 9.17) is 20.8 Å². The van der Waals surface area contributed by atoms with Gasteiger partial charge >= 0.3 is 0 Å². The Balaban J connectivity index is 1.49. The quantitative estimate of drug-likeness (QED) is 0.493. The Labute approximate surface area is 172 Å². The maximum Gasteiger partial charge on any atom is 0.262 e. The molecule has 146 valence electrons. The number of benzene rings is 2. The zero-order valence-corrected chi connectivity index (χ0v) is 16.7. The lowest BCUT2D eigenvalue weighted by Gasteiger charge is -2.12. The molecule has 0 aliphatic heterocycles. The number of oxazole rings is 1. The summed E-state index contributed by atoms with van der Waals surface area (Å²) in [5.74, 6) is 0.801. The number of aryl methyl sites for hydroxylation is 2. The smallest absolute Gasteiger partial charge is 0.262 e. The molecule has 2 aromatic heterocycles. The van der Waals surface area contributed by atoms with Crippen molar-refractivity contribution in [1.29, 1.82) is 0 Å². The van der Waals surface area contributed by atoms with E-state index in [9.17, 15) is 4.79 Å². The topological polar surface area (TPSA) is 77.3 Å². The van der Waals surface area contributed by atoms with Crippen LogP contribution in [0.5, 0.6) is 5.75 Å². The first-order valence-corrected chi connectivity index (χ1v) is 9.39. The molecular formula is C22H18ClN3O3. The predicted molar refractivity (Wildman–Crippen MR) is 112 cm³/mol. The molecule has 4 aromatic rings. The number of amides is 1. The van der Waals surface area contributed by atoms with Crippen LogP contribution in [0.15, 0.2) is 59.1 Å². The average Bonchev–Trinajstić information content (AvgIpc) is 3.13. The van der Waals surface area contributed by atoms with E-state index in [-0.39, 0.29) is 12.5 Å². The number of hydrogen-bond acceptors (Lipinski definition) is 5. The van der Waals surface area contributed by atoms with Crippen LogP contribution in [0, 0.1) is 13.8 Å². The summed E-state index contributed by atoms with van der Waals surface area (Å²) < 4.78 is 11.4. The highest BCUT2D eigenvalue weighted by molar-refractivity contribution is 6.30. The number of aromatic nitrogens is 2. The highest BCUT2D eigenvalue weighted by atomic mass is 35.5. The number of carbonyl (C=O) groups excluding carboxylic acids is 1. The molecule has 0 saturated heterocycles. The van der Waals surface area contributed by atoms with Crippen molar-refractivity contribution in [3.8, 4) is 17.2 Å². The van der Waals surface area contributed by atoms with Crippen molar-refractivity contribution in [1.82, 2.24) is 9.97 Å². The molecule has 0 bridgehead atoms. The molecule has 1 amide bonds. The molecule has 2 aromatic carbocycles. The standard InChI is InChI=1S/C22H18ClN3O3/c1-13-5-6-15(22-26-21-19(29-22)4-3-9-24-21)11-17(13)25-20(27)12-28-18-8-7-16(23)10-14(18)2/h3-11H,12H2,1-2H3,(H,25,27). The molecule has 29 heavy (non-hydrogen) atoms. The average molecular weight is 408 g/mol. The lowest BCUT2D eigenvalue weighted by molar-refractivity contribution is -0.118. The minimum absolute atomic E-state index is 0.112. The molecule has 0 fully saturated rings. The fraction of sp³-hybridized carbons (Fsp3) is 0.136. The predicted octanol–water partition coefficient (Wildman–Crippen LogP) is 5.18. The number of nitrogens with zero attached hydrogens (tertiary/aromatic N) is 2. The monoisotopic (exact) mass is 407 g/mol. The van der Waals surface area contributed by atoms with Gasteiger partial charge < -0.3 is 14.5 Å². The van der Waals surface area contributed by atoms with E-state index < -0.39 is 0 Å². The van der Waals surface area contributed by atoms with E-state index in [0.717, 1.165) is 16.7 Å². The van der Waals surface area contributed by atoms with Crippen LogP contribution in [0.2, 0.25) is 5.02 Å². The Morgan fingerprint density at radius 2 is 2.00 bits per heavy atom. The number of anilines is 1. The lowest BCUT2D eigenvalue weighted by Crippen LogP contribution is -2.21. The van der Waals surface area contributed by atoms with Crippen molar-refractivity contribution in [2.45, 2.75) is 13.8 Å². The Morgan fingerprint density at radius 3 is 2.79 bits per heavy atom. The molecule has 0 spiro atoms. The van der Waals surface area contributed by atoms with Gasteiger partial charge in [-0.3, -0.25) is 4.79 Å². The summed E-state index contributed by atoms with van der Waals surface area (Å²) in [6.07, 6.45) is 1.66. The van der Waals surface area contributed by atoms with Gasteiger partial charge in [-0.1, -0.05) is 17.7 Å². The van der Waals surface area contributed by atoms with Crippen LogP contribution in [0.1, 0.15) is 11.1 Å². The van der Waals surface area contributed by atoms with Gasteiger partial charge in [0.05, 0.1) is 0 Å². The van der Waals surface area contributed by atoms with Crippen LogP contribution < -0.4 is 10.1 Å². The summed E-state index contributed by atoms with van der Waals surface area (Å²) in [7, 11) is 0. The molecule has 0 saturated carbocycles. The highest BCUT2D eigenvalue weighted by Gasteiger charge is 2.12. The van der Waals surface area contributed by atoms with Gasteiger partial charge in [-0.05, 0) is 67.4 Å². The second-order valence-corrected chi connectivity index (χ2v) is 7.06. The number of nitrogens with one attached hydrogen (secondary N) is 1. The van der Waals surface area contributed by atoms with Crippen molar-refractivity contribution in [3.05, 3.63) is 70.9 Å². The zero-order chi connectivity index (χ0) is 20.4. The zero-order valence-electron chi connectivity index (χ0n) is 15.9. The number of halogens is 1. The van der Waals surface area contributed by atoms with E-state index >= 15 is 0 Å². The molecule has 7 heteroatoms. The summed E-state index contributed by atoms with van der Waals surface area (Å²) >= 11 is 5.94. The van der Waals surface area contributed by atoms with Crippen molar-refractivity contribution in [2.24, 2.45) is 0 Å². The van der Waals surface area contributed by atoms with E-state index in [1.807, 2.05) is 38.1 Å². The molecule has 1 N–H and O–H groups in total. The third-order valence-corrected chi connectivity index (χ3v) is 4.65. The third-order valence-electron chi connectivity index (χ3n) is 4.42. The molecule has 0 radical (unpaired) electrons. The van der Waals surface area contributed by atoms with Gasteiger partial charge in [0.25, 0.3) is 5.91 Å². The number of hydrogen-bond donors (Lipinski definition) is 1. The maximum absolute atomic E-state index is 12.4. The third kappa shape index (κ3) is 4.22. The first kappa shape index (κ1) is 19.0. The van der Waals surface area contributed by atoms with Crippen molar-refractivity contribution >= 4 is 34.4 Å². The Bertz CT molecular complexity index is 1170. The van der Waals surface area contributed by atoms with Crippen LogP contribution in [0.3, 0.4) is 0 Å². The van der Waals surface area contributed by atoms with Gasteiger partial charge in [0.2, 0.25) is 5.89 Å². The number of rotatable bonds is 5. The minimum Gasteiger partial charge on any atom is -0.483 e. The van der Waals surface area contributed by atoms with Crippen molar-refractivity contribution in [3.63, 3.8) is 0 Å². The van der Waals surface area contributed by atoms with Crippen LogP contribution in [0.4, 0.5) is 5.69 Å². The fourth-order valence-corrected chi connectivity index (χ4v) is 3.11. The maximum atomic E-state index is 12.4. The SMILES string of the molecule is Cc1ccc(-c2nc3ncccc3o2)cc1NC(=O)COc1ccc(Cl)cc1C. The number of fused-ring (bicyclic) bond motifs is 1. The van der Waals surface area contributed by atoms with Gasteiger partial charge in [-0.25, -0.2) is 4.98 Å². The summed E-state index contributed by atoms with van der Waals surface area (Å²) in [6.45, 7) is 3.68. The molecule has 4 rings (SSSR count). The molecule has 6 nitrogen and oxygen atoms in total. The Kier molecular flexibility index (Phi) is 5.18. The minimum atomic E-state index is -0.265. The molecule has 0 aliphatic carbocycles. The van der Waals surface area contributed by atoms with Gasteiger partial charge in [0, 0.05) is 22.5 Å². The van der Waals surface area contributed by atoms with Crippen LogP contribution in [0.25, 0.3) is 22.7 Å². The number of carbonyl (C=O) groups is 1. The van der Waals surface area contributed by atoms with E-state index in [1.165, 1.54) is 0 Å². The fourth-order valence-electron chi connectivity index (χ4n) is 2.89. The second-order valence-electron chi connectivity index (χ2n) is 6.62. The van der Waals surface area contributed by atoms with Crippen molar-refractivity contribution < 1.29 is 13.9 Å². The van der Waals surface area contributed by atoms with E-state index in [0.29, 0.717) is 33.6 Å². The second kappa shape index (κ2) is 7.93. The summed E-state index contributed by atoms with van der Waals surface area (Å²) in [4.78, 5) is 21.0. The van der Waals surface area contributed by atoms with E-state index in [1.54, 1.807) is 30.5 Å². The van der Waals surface area contributed by atoms with Gasteiger partial charge in [0.1, 0.15) is 5.75 Å². The van der Waals surface area contributed by atoms with E-state index in [2.05, 4.69) is 15.3 Å². The number of pyridine rings is 1. The first-order valence-electron chi connectivity index (χ1n) is 9.01. The summed E-state index contributed by atoms with van der Waals surface area (Å²) in [6, 6.07) is 14.5. The van der Waals surface area contributed by atoms with Crippen molar-refractivity contribution in [2.75, 3.05) is 11.9 Å². The van der Waals surface area contributed by atoms with Crippen LogP contribution >= 0.6 is 11.6 Å². The van der Waals surface area contributed by atoms with Gasteiger partial charge in [0.15, 0.2) is 17.8 Å². The summed E-state index contributed by atoms with van der Waals surface area (Å²) in [5.41, 5.74) is 4.35. The molecule has 0 atom stereocenters.